The van der Waals surface area contributed by atoms with Gasteiger partial charge in [0.15, 0.2) is 0 Å². The minimum Gasteiger partial charge on any atom is -0.478 e. The molecule has 0 aliphatic heterocycles. The van der Waals surface area contributed by atoms with E-state index in [9.17, 15) is 9.90 Å². The van der Waals surface area contributed by atoms with Crippen molar-refractivity contribution in [1.82, 2.24) is 15.0 Å². The zero-order chi connectivity index (χ0) is 17.3. The van der Waals surface area contributed by atoms with Gasteiger partial charge >= 0.3 is 5.97 Å². The normalized spacial score (nSPS) is 11.0. The van der Waals surface area contributed by atoms with Crippen LogP contribution in [0.1, 0.15) is 41.4 Å². The smallest absolute Gasteiger partial charge is 0.335 e. The number of hydrogen-bond donors (Lipinski definition) is 1. The first-order valence-corrected chi connectivity index (χ1v) is 7.82. The molecule has 0 spiro atoms. The third-order valence-corrected chi connectivity index (χ3v) is 3.96. The van der Waals surface area contributed by atoms with Crippen molar-refractivity contribution in [2.45, 2.75) is 26.7 Å². The number of aromatic nitrogens is 3. The van der Waals surface area contributed by atoms with Gasteiger partial charge in [-0.15, -0.1) is 5.10 Å². The summed E-state index contributed by atoms with van der Waals surface area (Å²) in [5, 5.41) is 17.6. The van der Waals surface area contributed by atoms with Gasteiger partial charge in [0.2, 0.25) is 0 Å². The van der Waals surface area contributed by atoms with Crippen molar-refractivity contribution < 1.29 is 9.90 Å². The number of carboxylic acid groups (broad SMARTS) is 1. The monoisotopic (exact) mass is 321 g/mol. The number of nitrogens with zero attached hydrogens (tertiary/aromatic N) is 3. The van der Waals surface area contributed by atoms with Crippen LogP contribution in [-0.2, 0) is 0 Å². The van der Waals surface area contributed by atoms with Crippen molar-refractivity contribution in [3.05, 3.63) is 65.5 Å². The summed E-state index contributed by atoms with van der Waals surface area (Å²) in [4.78, 5) is 11.5. The van der Waals surface area contributed by atoms with Crippen molar-refractivity contribution >= 4 is 5.97 Å². The van der Waals surface area contributed by atoms with Crippen molar-refractivity contribution in [3.8, 4) is 16.8 Å². The van der Waals surface area contributed by atoms with E-state index in [2.05, 4.69) is 24.2 Å². The van der Waals surface area contributed by atoms with E-state index in [1.54, 1.807) is 23.0 Å². The van der Waals surface area contributed by atoms with Crippen LogP contribution in [0.5, 0.6) is 0 Å². The van der Waals surface area contributed by atoms with Gasteiger partial charge < -0.3 is 5.11 Å². The second-order valence-electron chi connectivity index (χ2n) is 6.17. The largest absolute Gasteiger partial charge is 0.478 e. The highest BCUT2D eigenvalue weighted by Crippen LogP contribution is 2.26. The van der Waals surface area contributed by atoms with Gasteiger partial charge in [0.05, 0.1) is 23.1 Å². The molecule has 1 heterocycles. The molecule has 1 aromatic heterocycles. The zero-order valence-corrected chi connectivity index (χ0v) is 13.9. The summed E-state index contributed by atoms with van der Waals surface area (Å²) in [5.74, 6) is -0.729. The first-order chi connectivity index (χ1) is 11.5. The number of carboxylic acids is 1. The predicted octanol–water partition coefficient (Wildman–Crippen LogP) is 4.06. The molecule has 0 unspecified atom stereocenters. The van der Waals surface area contributed by atoms with Crippen LogP contribution in [0.25, 0.3) is 16.8 Å². The lowest BCUT2D eigenvalue weighted by Crippen LogP contribution is -2.06. The van der Waals surface area contributed by atoms with Crippen molar-refractivity contribution in [3.63, 3.8) is 0 Å². The van der Waals surface area contributed by atoms with E-state index >= 15 is 0 Å². The second-order valence-corrected chi connectivity index (χ2v) is 6.17. The van der Waals surface area contributed by atoms with Gasteiger partial charge in [-0.3, -0.25) is 0 Å². The molecule has 1 N–H and O–H groups in total. The third-order valence-electron chi connectivity index (χ3n) is 3.96. The average Bonchev–Trinajstić information content (AvgIpc) is 3.05. The molecule has 0 aliphatic rings. The maximum Gasteiger partial charge on any atom is 0.335 e. The molecule has 0 saturated heterocycles. The molecule has 122 valence electrons. The predicted molar refractivity (Wildman–Crippen MR) is 92.6 cm³/mol. The first kappa shape index (κ1) is 15.9. The summed E-state index contributed by atoms with van der Waals surface area (Å²) < 4.78 is 1.70. The lowest BCUT2D eigenvalue weighted by molar-refractivity contribution is 0.0697. The van der Waals surface area contributed by atoms with Crippen molar-refractivity contribution in [1.29, 1.82) is 0 Å². The Balaban J connectivity index is 2.18. The van der Waals surface area contributed by atoms with Crippen molar-refractivity contribution in [2.75, 3.05) is 0 Å². The molecule has 3 aromatic rings. The number of benzene rings is 2. The SMILES string of the molecule is Cc1ccc(-c2cc(C(=O)O)cc(-n3nncc3C(C)C)c2)cc1. The van der Waals surface area contributed by atoms with Gasteiger partial charge in [0.25, 0.3) is 0 Å². The van der Waals surface area contributed by atoms with E-state index in [1.807, 2.05) is 37.3 Å². The fourth-order valence-electron chi connectivity index (χ4n) is 2.61. The lowest BCUT2D eigenvalue weighted by atomic mass is 10.0. The fourth-order valence-corrected chi connectivity index (χ4v) is 2.61. The summed E-state index contributed by atoms with van der Waals surface area (Å²) in [6, 6.07) is 13.3. The lowest BCUT2D eigenvalue weighted by Gasteiger charge is -2.12. The minimum absolute atomic E-state index is 0.230. The second kappa shape index (κ2) is 6.28. The van der Waals surface area contributed by atoms with Crippen LogP contribution in [0.3, 0.4) is 0 Å². The Bertz CT molecular complexity index is 880. The van der Waals surface area contributed by atoms with E-state index < -0.39 is 5.97 Å². The van der Waals surface area contributed by atoms with E-state index in [-0.39, 0.29) is 11.5 Å². The Kier molecular flexibility index (Phi) is 4.16. The third kappa shape index (κ3) is 3.06. The molecule has 2 aromatic carbocycles. The summed E-state index contributed by atoms with van der Waals surface area (Å²) in [5.41, 5.74) is 4.84. The Morgan fingerprint density at radius 3 is 2.42 bits per heavy atom. The molecular weight excluding hydrogens is 302 g/mol. The Morgan fingerprint density at radius 2 is 1.79 bits per heavy atom. The Labute approximate surface area is 140 Å². The first-order valence-electron chi connectivity index (χ1n) is 7.82. The number of hydrogen-bond acceptors (Lipinski definition) is 3. The average molecular weight is 321 g/mol. The molecule has 0 aliphatic carbocycles. The van der Waals surface area contributed by atoms with Crippen LogP contribution in [-0.4, -0.2) is 26.1 Å². The molecular formula is C19H19N3O2. The number of rotatable bonds is 4. The summed E-state index contributed by atoms with van der Waals surface area (Å²) in [6.07, 6.45) is 1.71. The highest BCUT2D eigenvalue weighted by Gasteiger charge is 2.14. The summed E-state index contributed by atoms with van der Waals surface area (Å²) in [7, 11) is 0. The molecule has 0 amide bonds. The van der Waals surface area contributed by atoms with Gasteiger partial charge in [-0.25, -0.2) is 9.48 Å². The molecule has 0 radical (unpaired) electrons. The Morgan fingerprint density at radius 1 is 1.08 bits per heavy atom. The molecule has 5 heteroatoms. The number of aryl methyl sites for hydroxylation is 1. The molecule has 3 rings (SSSR count). The fraction of sp³-hybridized carbons (Fsp3) is 0.211. The minimum atomic E-state index is -0.962. The van der Waals surface area contributed by atoms with Crippen molar-refractivity contribution in [2.24, 2.45) is 0 Å². The van der Waals surface area contributed by atoms with Crippen LogP contribution in [0.4, 0.5) is 0 Å². The van der Waals surface area contributed by atoms with Crippen LogP contribution in [0.15, 0.2) is 48.7 Å². The molecule has 24 heavy (non-hydrogen) atoms. The molecule has 0 saturated carbocycles. The molecule has 0 bridgehead atoms. The van der Waals surface area contributed by atoms with Crippen LogP contribution >= 0.6 is 0 Å². The van der Waals surface area contributed by atoms with Crippen LogP contribution in [0, 0.1) is 6.92 Å². The van der Waals surface area contributed by atoms with E-state index in [0.29, 0.717) is 5.69 Å². The van der Waals surface area contributed by atoms with E-state index in [4.69, 9.17) is 0 Å². The highest BCUT2D eigenvalue weighted by atomic mass is 16.4. The molecule has 0 fully saturated rings. The Hall–Kier alpha value is -2.95. The maximum atomic E-state index is 11.5. The summed E-state index contributed by atoms with van der Waals surface area (Å²) in [6.45, 7) is 6.13. The zero-order valence-electron chi connectivity index (χ0n) is 13.9. The van der Waals surface area contributed by atoms with Gasteiger partial charge in [-0.1, -0.05) is 48.9 Å². The van der Waals surface area contributed by atoms with Gasteiger partial charge in [0, 0.05) is 0 Å². The summed E-state index contributed by atoms with van der Waals surface area (Å²) >= 11 is 0. The van der Waals surface area contributed by atoms with Gasteiger partial charge in [-0.05, 0) is 42.2 Å². The van der Waals surface area contributed by atoms with Crippen LogP contribution < -0.4 is 0 Å². The van der Waals surface area contributed by atoms with E-state index in [1.165, 1.54) is 0 Å². The maximum absolute atomic E-state index is 11.5. The quantitative estimate of drug-likeness (QED) is 0.786. The van der Waals surface area contributed by atoms with Gasteiger partial charge in [0.1, 0.15) is 0 Å². The number of aromatic carboxylic acids is 1. The van der Waals surface area contributed by atoms with Gasteiger partial charge in [-0.2, -0.15) is 0 Å². The number of carbonyl (C=O) groups is 1. The van der Waals surface area contributed by atoms with Crippen LogP contribution in [0.2, 0.25) is 0 Å². The molecule has 5 nitrogen and oxygen atoms in total. The topological polar surface area (TPSA) is 68.0 Å². The standard InChI is InChI=1S/C19H19N3O2/c1-12(2)18-11-20-21-22(18)17-9-15(8-16(10-17)19(23)24)14-6-4-13(3)5-7-14/h4-12H,1-3H3,(H,23,24). The van der Waals surface area contributed by atoms with E-state index in [0.717, 1.165) is 22.4 Å². The molecule has 0 atom stereocenters. The highest BCUT2D eigenvalue weighted by molar-refractivity contribution is 5.90.